The van der Waals surface area contributed by atoms with Crippen LogP contribution in [-0.2, 0) is 9.47 Å². The lowest BCUT2D eigenvalue weighted by molar-refractivity contribution is 0.0221. The number of methoxy groups -OCH3 is 2. The molecule has 2 aliphatic rings. The summed E-state index contributed by atoms with van der Waals surface area (Å²) in [6.45, 7) is 6.17. The van der Waals surface area contributed by atoms with Gasteiger partial charge in [-0.1, -0.05) is 23.2 Å². The van der Waals surface area contributed by atoms with E-state index in [1.54, 1.807) is 24.3 Å². The third-order valence-corrected chi connectivity index (χ3v) is 8.08. The normalized spacial score (nSPS) is 22.6. The van der Waals surface area contributed by atoms with Crippen LogP contribution in [0.5, 0.6) is 17.2 Å². The Morgan fingerprint density at radius 2 is 1.56 bits per heavy atom. The van der Waals surface area contributed by atoms with Crippen LogP contribution >= 0.6 is 23.2 Å². The van der Waals surface area contributed by atoms with Gasteiger partial charge in [-0.3, -0.25) is 0 Å². The fourth-order valence-electron chi connectivity index (χ4n) is 5.09. The lowest BCUT2D eigenvalue weighted by Gasteiger charge is -2.24. The largest absolute Gasteiger partial charge is 0.493 e. The number of cyclic esters (lactones) is 1. The molecule has 0 saturated carbocycles. The summed E-state index contributed by atoms with van der Waals surface area (Å²) in [5, 5.41) is 0.687. The van der Waals surface area contributed by atoms with E-state index < -0.39 is 11.9 Å². The van der Waals surface area contributed by atoms with Crippen molar-refractivity contribution in [3.05, 3.63) is 51.5 Å². The molecule has 2 aromatic rings. The van der Waals surface area contributed by atoms with Crippen LogP contribution < -0.4 is 14.2 Å². The molecular formula is C30H38Cl2N2O7. The Kier molecular flexibility index (Phi) is 11.8. The zero-order valence-electron chi connectivity index (χ0n) is 23.7. The number of rotatable bonds is 4. The number of ether oxygens (including phenoxy) is 5. The molecule has 41 heavy (non-hydrogen) atoms. The van der Waals surface area contributed by atoms with Crippen LogP contribution in [0.1, 0.15) is 52.8 Å². The van der Waals surface area contributed by atoms with E-state index in [-0.39, 0.29) is 6.10 Å². The zero-order chi connectivity index (χ0) is 29.2. The van der Waals surface area contributed by atoms with Gasteiger partial charge >= 0.3 is 11.9 Å². The molecule has 0 amide bonds. The highest BCUT2D eigenvalue weighted by Gasteiger charge is 2.22. The molecule has 224 valence electrons. The lowest BCUT2D eigenvalue weighted by atomic mass is 10.1. The molecule has 2 aliphatic heterocycles. The Balaban J connectivity index is 1.51. The molecule has 0 spiro atoms. The molecule has 0 radical (unpaired) electrons. The number of hydrogen-bond acceptors (Lipinski definition) is 9. The number of hydrogen-bond donors (Lipinski definition) is 0. The highest BCUT2D eigenvalue weighted by Crippen LogP contribution is 2.39. The highest BCUT2D eigenvalue weighted by atomic mass is 35.5. The minimum atomic E-state index is -0.440. The zero-order valence-corrected chi connectivity index (χ0v) is 25.2. The van der Waals surface area contributed by atoms with E-state index in [2.05, 4.69) is 9.80 Å². The fraction of sp³-hybridized carbons (Fsp3) is 0.533. The monoisotopic (exact) mass is 608 g/mol. The molecule has 0 aliphatic carbocycles. The van der Waals surface area contributed by atoms with Gasteiger partial charge in [0.15, 0.2) is 11.5 Å². The average molecular weight is 610 g/mol. The van der Waals surface area contributed by atoms with Crippen molar-refractivity contribution in [1.29, 1.82) is 0 Å². The minimum Gasteiger partial charge on any atom is -0.493 e. The molecule has 0 N–H and O–H groups in total. The molecule has 3 unspecified atom stereocenters. The number of fused-ring (bicyclic) bond motifs is 5. The van der Waals surface area contributed by atoms with E-state index in [0.29, 0.717) is 70.9 Å². The van der Waals surface area contributed by atoms with Crippen LogP contribution in [0.25, 0.3) is 0 Å². The van der Waals surface area contributed by atoms with Crippen LogP contribution in [0.15, 0.2) is 30.3 Å². The van der Waals surface area contributed by atoms with Gasteiger partial charge in [0.05, 0.1) is 48.6 Å². The number of nitrogens with zero attached hydrogens (tertiary/aromatic N) is 2. The van der Waals surface area contributed by atoms with Crippen LogP contribution in [0.3, 0.4) is 0 Å². The van der Waals surface area contributed by atoms with Crippen LogP contribution in [0.2, 0.25) is 10.0 Å². The van der Waals surface area contributed by atoms with Crippen LogP contribution in [-0.4, -0.2) is 94.5 Å². The summed E-state index contributed by atoms with van der Waals surface area (Å²) < 4.78 is 28.6. The van der Waals surface area contributed by atoms with E-state index in [4.69, 9.17) is 46.9 Å². The van der Waals surface area contributed by atoms with Crippen LogP contribution in [0, 0.1) is 0 Å². The minimum absolute atomic E-state index is 0.305. The van der Waals surface area contributed by atoms with Crippen molar-refractivity contribution in [3.63, 3.8) is 0 Å². The second kappa shape index (κ2) is 15.5. The third kappa shape index (κ3) is 8.88. The maximum Gasteiger partial charge on any atom is 0.338 e. The predicted molar refractivity (Wildman–Crippen MR) is 157 cm³/mol. The van der Waals surface area contributed by atoms with Crippen molar-refractivity contribution >= 4 is 35.1 Å². The van der Waals surface area contributed by atoms with Crippen molar-refractivity contribution < 1.29 is 33.3 Å². The summed E-state index contributed by atoms with van der Waals surface area (Å²) in [6, 6.07) is 7.94. The number of carbonyl (C=O) groups excluding carboxylic acids is 2. The second-order valence-electron chi connectivity index (χ2n) is 10.2. The van der Waals surface area contributed by atoms with Gasteiger partial charge in [-0.2, -0.15) is 0 Å². The maximum atomic E-state index is 13.0. The first-order chi connectivity index (χ1) is 19.9. The molecule has 1 saturated heterocycles. The quantitative estimate of drug-likeness (QED) is 0.426. The van der Waals surface area contributed by atoms with E-state index in [1.165, 1.54) is 20.3 Å². The van der Waals surface area contributed by atoms with Gasteiger partial charge in [0.25, 0.3) is 0 Å². The maximum absolute atomic E-state index is 13.0. The number of halogens is 2. The van der Waals surface area contributed by atoms with E-state index in [9.17, 15) is 9.59 Å². The molecule has 9 nitrogen and oxygen atoms in total. The summed E-state index contributed by atoms with van der Waals surface area (Å²) in [4.78, 5) is 30.7. The predicted octanol–water partition coefficient (Wildman–Crippen LogP) is 5.35. The van der Waals surface area contributed by atoms with Gasteiger partial charge in [-0.25, -0.2) is 9.59 Å². The van der Waals surface area contributed by atoms with Gasteiger partial charge in [0.1, 0.15) is 6.10 Å². The Morgan fingerprint density at radius 1 is 0.829 bits per heavy atom. The Morgan fingerprint density at radius 3 is 2.29 bits per heavy atom. The van der Waals surface area contributed by atoms with Gasteiger partial charge < -0.3 is 33.5 Å². The Hall–Kier alpha value is -2.72. The molecule has 1 fully saturated rings. The van der Waals surface area contributed by atoms with Crippen LogP contribution in [0.4, 0.5) is 0 Å². The standard InChI is InChI=1S/C30H38Cl2N2O7/c1-37-26-19-22-20-27(28(26)38-2)39-16-3-6-23(41-30(36)21-7-8-24(31)25(32)18-21)9-13-34-11-4-10-33(14-15-34)12-5-17-40-29(22)35/h7-8,18-20,23H,3-6,9-17H2,1-2H3. The van der Waals surface area contributed by atoms with Crippen molar-refractivity contribution in [2.75, 3.05) is 66.7 Å². The fourth-order valence-corrected chi connectivity index (χ4v) is 5.38. The third-order valence-electron chi connectivity index (χ3n) is 7.34. The van der Waals surface area contributed by atoms with E-state index >= 15 is 0 Å². The Labute approximate surface area is 251 Å². The summed E-state index contributed by atoms with van der Waals surface area (Å²) in [5.74, 6) is 0.279. The van der Waals surface area contributed by atoms with Crippen molar-refractivity contribution in [1.82, 2.24) is 9.80 Å². The highest BCUT2D eigenvalue weighted by molar-refractivity contribution is 6.42. The smallest absolute Gasteiger partial charge is 0.338 e. The van der Waals surface area contributed by atoms with Crippen molar-refractivity contribution in [2.45, 2.75) is 38.2 Å². The molecule has 2 heterocycles. The molecule has 4 rings (SSSR count). The summed E-state index contributed by atoms with van der Waals surface area (Å²) in [6.07, 6.45) is 3.37. The first kappa shape index (κ1) is 31.2. The molecule has 11 heteroatoms. The first-order valence-electron chi connectivity index (χ1n) is 14.0. The molecule has 4 bridgehead atoms. The van der Waals surface area contributed by atoms with Gasteiger partial charge in [0.2, 0.25) is 5.75 Å². The summed E-state index contributed by atoms with van der Waals surface area (Å²) in [7, 11) is 3.02. The van der Waals surface area contributed by atoms with Crippen molar-refractivity contribution in [3.8, 4) is 17.2 Å². The second-order valence-corrected chi connectivity index (χ2v) is 11.0. The van der Waals surface area contributed by atoms with Gasteiger partial charge in [-0.15, -0.1) is 0 Å². The topological polar surface area (TPSA) is 86.8 Å². The molecule has 3 atom stereocenters. The Bertz CT molecular complexity index is 1200. The summed E-state index contributed by atoms with van der Waals surface area (Å²) >= 11 is 12.2. The van der Waals surface area contributed by atoms with Gasteiger partial charge in [0, 0.05) is 26.2 Å². The summed E-state index contributed by atoms with van der Waals surface area (Å²) in [5.41, 5.74) is 0.687. The molecule has 0 aromatic heterocycles. The van der Waals surface area contributed by atoms with Crippen molar-refractivity contribution in [2.24, 2.45) is 0 Å². The van der Waals surface area contributed by atoms with E-state index in [1.807, 2.05) is 0 Å². The first-order valence-corrected chi connectivity index (χ1v) is 14.8. The SMILES string of the molecule is COc1cc2cc(c1OC)OCCCC(OC(=O)c1ccc(Cl)c(Cl)c1)CCN1CCCN(CCCOC2=O)CC1. The average Bonchev–Trinajstić information content (AvgIpc) is 3.21. The number of benzene rings is 2. The number of carbonyl (C=O) groups is 2. The molecule has 2 aromatic carbocycles. The molecular weight excluding hydrogens is 571 g/mol. The van der Waals surface area contributed by atoms with E-state index in [0.717, 1.165) is 52.1 Å². The lowest BCUT2D eigenvalue weighted by Crippen LogP contribution is -2.34. The number of esters is 2. The van der Waals surface area contributed by atoms with Gasteiger partial charge in [-0.05, 0) is 75.5 Å².